The lowest BCUT2D eigenvalue weighted by Crippen LogP contribution is -2.31. The summed E-state index contributed by atoms with van der Waals surface area (Å²) in [5.74, 6) is 0. The van der Waals surface area contributed by atoms with E-state index in [-0.39, 0.29) is 5.69 Å². The summed E-state index contributed by atoms with van der Waals surface area (Å²) >= 11 is 3.46. The molecule has 0 radical (unpaired) electrons. The number of nitrogen functional groups attached to an aromatic ring is 1. The number of halogens is 1. The smallest absolute Gasteiger partial charge is 0.293 e. The Morgan fingerprint density at radius 2 is 2.00 bits per heavy atom. The quantitative estimate of drug-likeness (QED) is 0.515. The van der Waals surface area contributed by atoms with Crippen LogP contribution in [0, 0.1) is 10.1 Å². The Morgan fingerprint density at radius 3 is 2.68 bits per heavy atom. The monoisotopic (exact) mass is 361 g/mol. The maximum Gasteiger partial charge on any atom is 0.293 e. The fourth-order valence-electron chi connectivity index (χ4n) is 2.90. The SMILES string of the molecule is Nc1c([N+](=O)[O-])cc(Br)c2c1CCN(Cc1ccccc1)C2. The second-order valence-corrected chi connectivity index (χ2v) is 6.31. The van der Waals surface area contributed by atoms with Gasteiger partial charge in [0.25, 0.3) is 5.69 Å². The van der Waals surface area contributed by atoms with Crippen molar-refractivity contribution in [2.24, 2.45) is 0 Å². The predicted molar refractivity (Wildman–Crippen MR) is 89.5 cm³/mol. The number of nitrogens with zero attached hydrogens (tertiary/aromatic N) is 2. The molecule has 1 aliphatic heterocycles. The lowest BCUT2D eigenvalue weighted by molar-refractivity contribution is -0.384. The van der Waals surface area contributed by atoms with Gasteiger partial charge in [-0.3, -0.25) is 15.0 Å². The molecule has 0 aliphatic carbocycles. The molecule has 0 saturated carbocycles. The molecule has 2 N–H and O–H groups in total. The fourth-order valence-corrected chi connectivity index (χ4v) is 3.48. The highest BCUT2D eigenvalue weighted by molar-refractivity contribution is 9.10. The van der Waals surface area contributed by atoms with Gasteiger partial charge in [0.15, 0.2) is 0 Å². The third-order valence-corrected chi connectivity index (χ3v) is 4.73. The molecule has 2 aromatic rings. The van der Waals surface area contributed by atoms with E-state index in [9.17, 15) is 10.1 Å². The van der Waals surface area contributed by atoms with Crippen LogP contribution < -0.4 is 5.73 Å². The summed E-state index contributed by atoms with van der Waals surface area (Å²) in [5.41, 5.74) is 9.52. The van der Waals surface area contributed by atoms with Gasteiger partial charge in [-0.2, -0.15) is 0 Å². The molecule has 22 heavy (non-hydrogen) atoms. The number of benzene rings is 2. The summed E-state index contributed by atoms with van der Waals surface area (Å²) in [6.45, 7) is 2.45. The molecule has 0 bridgehead atoms. The first-order valence-corrected chi connectivity index (χ1v) is 7.86. The van der Waals surface area contributed by atoms with Gasteiger partial charge in [0, 0.05) is 30.2 Å². The van der Waals surface area contributed by atoms with Crippen LogP contribution >= 0.6 is 15.9 Å². The van der Waals surface area contributed by atoms with E-state index in [0.717, 1.165) is 41.7 Å². The minimum atomic E-state index is -0.420. The molecule has 1 aliphatic rings. The van der Waals surface area contributed by atoms with Crippen molar-refractivity contribution in [2.75, 3.05) is 12.3 Å². The Hall–Kier alpha value is -1.92. The number of nitro benzene ring substituents is 1. The van der Waals surface area contributed by atoms with E-state index < -0.39 is 4.92 Å². The lowest BCUT2D eigenvalue weighted by atomic mass is 9.96. The van der Waals surface area contributed by atoms with Crippen LogP contribution in [0.15, 0.2) is 40.9 Å². The Bertz CT molecular complexity index is 719. The summed E-state index contributed by atoms with van der Waals surface area (Å²) in [5, 5.41) is 11.1. The van der Waals surface area contributed by atoms with E-state index in [4.69, 9.17) is 5.73 Å². The zero-order chi connectivity index (χ0) is 15.7. The number of fused-ring (bicyclic) bond motifs is 1. The van der Waals surface area contributed by atoms with Crippen molar-refractivity contribution in [1.29, 1.82) is 0 Å². The van der Waals surface area contributed by atoms with Crippen molar-refractivity contribution >= 4 is 27.3 Å². The van der Waals surface area contributed by atoms with Gasteiger partial charge in [0.1, 0.15) is 5.69 Å². The molecule has 0 saturated heterocycles. The molecule has 0 fully saturated rings. The highest BCUT2D eigenvalue weighted by Crippen LogP contribution is 2.37. The van der Waals surface area contributed by atoms with Crippen LogP contribution in [0.2, 0.25) is 0 Å². The number of hydrogen-bond acceptors (Lipinski definition) is 4. The maximum atomic E-state index is 11.1. The van der Waals surface area contributed by atoms with Crippen LogP contribution in [0.3, 0.4) is 0 Å². The van der Waals surface area contributed by atoms with Gasteiger partial charge in [0.05, 0.1) is 4.92 Å². The van der Waals surface area contributed by atoms with E-state index in [1.54, 1.807) is 0 Å². The summed E-state index contributed by atoms with van der Waals surface area (Å²) in [4.78, 5) is 13.0. The molecule has 3 rings (SSSR count). The number of nitro groups is 1. The Labute approximate surface area is 137 Å². The van der Waals surface area contributed by atoms with Crippen LogP contribution in [0.5, 0.6) is 0 Å². The van der Waals surface area contributed by atoms with E-state index in [2.05, 4.69) is 33.0 Å². The Morgan fingerprint density at radius 1 is 1.27 bits per heavy atom. The molecule has 114 valence electrons. The van der Waals surface area contributed by atoms with Crippen molar-refractivity contribution in [1.82, 2.24) is 4.90 Å². The van der Waals surface area contributed by atoms with Crippen molar-refractivity contribution in [3.8, 4) is 0 Å². The van der Waals surface area contributed by atoms with Gasteiger partial charge in [-0.05, 0) is 23.1 Å². The highest BCUT2D eigenvalue weighted by Gasteiger charge is 2.26. The van der Waals surface area contributed by atoms with Crippen molar-refractivity contribution < 1.29 is 4.92 Å². The molecule has 1 heterocycles. The van der Waals surface area contributed by atoms with Crippen LogP contribution in [0.1, 0.15) is 16.7 Å². The van der Waals surface area contributed by atoms with Gasteiger partial charge < -0.3 is 5.73 Å². The summed E-state index contributed by atoms with van der Waals surface area (Å²) in [7, 11) is 0. The minimum Gasteiger partial charge on any atom is -0.393 e. The first-order chi connectivity index (χ1) is 10.6. The average Bonchev–Trinajstić information content (AvgIpc) is 2.51. The molecule has 5 nitrogen and oxygen atoms in total. The first-order valence-electron chi connectivity index (χ1n) is 7.06. The number of hydrogen-bond donors (Lipinski definition) is 1. The lowest BCUT2D eigenvalue weighted by Gasteiger charge is -2.30. The third-order valence-electron chi connectivity index (χ3n) is 4.02. The zero-order valence-electron chi connectivity index (χ0n) is 12.0. The molecular weight excluding hydrogens is 346 g/mol. The molecule has 6 heteroatoms. The average molecular weight is 362 g/mol. The van der Waals surface area contributed by atoms with Crippen molar-refractivity contribution in [2.45, 2.75) is 19.5 Å². The molecular formula is C16H16BrN3O2. The fraction of sp³-hybridized carbons (Fsp3) is 0.250. The second-order valence-electron chi connectivity index (χ2n) is 5.45. The van der Waals surface area contributed by atoms with Gasteiger partial charge in [0.2, 0.25) is 0 Å². The maximum absolute atomic E-state index is 11.1. The zero-order valence-corrected chi connectivity index (χ0v) is 13.5. The van der Waals surface area contributed by atoms with Gasteiger partial charge >= 0.3 is 0 Å². The summed E-state index contributed by atoms with van der Waals surface area (Å²) in [6.07, 6.45) is 0.730. The van der Waals surface area contributed by atoms with Gasteiger partial charge in [-0.25, -0.2) is 0 Å². The van der Waals surface area contributed by atoms with Gasteiger partial charge in [-0.15, -0.1) is 0 Å². The van der Waals surface area contributed by atoms with Crippen LogP contribution in [0.25, 0.3) is 0 Å². The summed E-state index contributed by atoms with van der Waals surface area (Å²) in [6, 6.07) is 11.8. The topological polar surface area (TPSA) is 72.4 Å². The van der Waals surface area contributed by atoms with Crippen LogP contribution in [-0.2, 0) is 19.5 Å². The molecule has 0 unspecified atom stereocenters. The Balaban J connectivity index is 1.87. The minimum absolute atomic E-state index is 0.0119. The van der Waals surface area contributed by atoms with E-state index in [0.29, 0.717) is 5.69 Å². The molecule has 0 atom stereocenters. The molecule has 0 aromatic heterocycles. The van der Waals surface area contributed by atoms with Crippen LogP contribution in [0.4, 0.5) is 11.4 Å². The van der Waals surface area contributed by atoms with E-state index >= 15 is 0 Å². The van der Waals surface area contributed by atoms with Gasteiger partial charge in [-0.1, -0.05) is 46.3 Å². The number of rotatable bonds is 3. The van der Waals surface area contributed by atoms with Crippen LogP contribution in [-0.4, -0.2) is 16.4 Å². The second kappa shape index (κ2) is 6.06. The first kappa shape index (κ1) is 15.0. The Kier molecular flexibility index (Phi) is 4.13. The van der Waals surface area contributed by atoms with E-state index in [1.807, 2.05) is 18.2 Å². The number of nitrogens with two attached hydrogens (primary N) is 1. The van der Waals surface area contributed by atoms with E-state index in [1.165, 1.54) is 11.6 Å². The third kappa shape index (κ3) is 2.84. The normalized spacial score (nSPS) is 14.6. The standard InChI is InChI=1S/C16H16BrN3O2/c17-14-8-15(20(21)22)16(18)12-6-7-19(10-13(12)14)9-11-4-2-1-3-5-11/h1-5,8H,6-7,9-10,18H2. The van der Waals surface area contributed by atoms with Crippen molar-refractivity contribution in [3.63, 3.8) is 0 Å². The number of anilines is 1. The van der Waals surface area contributed by atoms with Crippen molar-refractivity contribution in [3.05, 3.63) is 67.7 Å². The molecule has 2 aromatic carbocycles. The predicted octanol–water partition coefficient (Wildman–Crippen LogP) is 3.50. The highest BCUT2D eigenvalue weighted by atomic mass is 79.9. The molecule has 0 amide bonds. The molecule has 0 spiro atoms. The summed E-state index contributed by atoms with van der Waals surface area (Å²) < 4.78 is 0.765. The largest absolute Gasteiger partial charge is 0.393 e.